The molecule has 0 bridgehead atoms. The highest BCUT2D eigenvalue weighted by Gasteiger charge is 2.33. The van der Waals surface area contributed by atoms with Gasteiger partial charge in [-0.25, -0.2) is 13.4 Å². The predicted molar refractivity (Wildman–Crippen MR) is 149 cm³/mol. The lowest BCUT2D eigenvalue weighted by Gasteiger charge is -2.42. The summed E-state index contributed by atoms with van der Waals surface area (Å²) in [7, 11) is -3.75. The van der Waals surface area contributed by atoms with Gasteiger partial charge in [0.25, 0.3) is 15.9 Å². The normalized spacial score (nSPS) is 17.1. The molecule has 1 aliphatic rings. The quantitative estimate of drug-likeness (QED) is 0.398. The second kappa shape index (κ2) is 11.2. The van der Waals surface area contributed by atoms with Crippen molar-refractivity contribution in [1.29, 1.82) is 0 Å². The number of anilines is 2. The summed E-state index contributed by atoms with van der Waals surface area (Å²) in [4.78, 5) is 20.8. The maximum atomic E-state index is 13.1. The van der Waals surface area contributed by atoms with Crippen LogP contribution >= 0.6 is 34.5 Å². The Morgan fingerprint density at radius 3 is 2.69 bits per heavy atom. The fourth-order valence-corrected chi connectivity index (χ4v) is 5.99. The van der Waals surface area contributed by atoms with Crippen LogP contribution in [0.1, 0.15) is 12.6 Å². The molecule has 0 spiro atoms. The third-order valence-corrected chi connectivity index (χ3v) is 8.68. The highest BCUT2D eigenvalue weighted by Crippen LogP contribution is 2.32. The number of benzene rings is 2. The number of thiazole rings is 1. The van der Waals surface area contributed by atoms with Gasteiger partial charge in [0.15, 0.2) is 11.2 Å². The third kappa shape index (κ3) is 5.87. The SMILES string of the molecule is C[C@H](Oc1cccc(Cl)c1Cl)C(=O)N1CCN(c2ccc(S(=O)(=O)Nc3nccs3)cc2)C[C@H]1CO.[HH].[HH].[HH].[HH]. The van der Waals surface area contributed by atoms with Crippen LogP contribution in [0.4, 0.5) is 10.8 Å². The van der Waals surface area contributed by atoms with Crippen LogP contribution in [0.5, 0.6) is 5.75 Å². The van der Waals surface area contributed by atoms with Crippen molar-refractivity contribution in [3.63, 3.8) is 0 Å². The summed E-state index contributed by atoms with van der Waals surface area (Å²) in [6.07, 6.45) is 0.684. The summed E-state index contributed by atoms with van der Waals surface area (Å²) >= 11 is 13.4. The Kier molecular flexibility index (Phi) is 8.26. The molecule has 1 amide bonds. The minimum Gasteiger partial charge on any atom is -0.479 e. The largest absolute Gasteiger partial charge is 0.479 e. The molecule has 2 N–H and O–H groups in total. The first-order valence-corrected chi connectivity index (χ1v) is 14.1. The Bertz CT molecular complexity index is 1330. The zero-order chi connectivity index (χ0) is 25.9. The van der Waals surface area contributed by atoms with E-state index in [1.54, 1.807) is 47.5 Å². The van der Waals surface area contributed by atoms with Crippen molar-refractivity contribution in [2.24, 2.45) is 0 Å². The Balaban J connectivity index is 0.00000380. The number of carbonyl (C=O) groups is 1. The van der Waals surface area contributed by atoms with Gasteiger partial charge >= 0.3 is 0 Å². The number of halogens is 2. The van der Waals surface area contributed by atoms with Crippen molar-refractivity contribution in [2.75, 3.05) is 35.9 Å². The molecule has 0 aliphatic carbocycles. The molecule has 0 saturated carbocycles. The van der Waals surface area contributed by atoms with Crippen LogP contribution in [-0.2, 0) is 14.8 Å². The van der Waals surface area contributed by atoms with Crippen molar-refractivity contribution >= 4 is 61.3 Å². The fourth-order valence-electron chi connectivity index (χ4n) is 3.87. The Labute approximate surface area is 229 Å². The number of amides is 1. The molecule has 13 heteroatoms. The Morgan fingerprint density at radius 2 is 2.03 bits per heavy atom. The molecule has 4 rings (SSSR count). The monoisotopic (exact) mass is 578 g/mol. The molecule has 1 saturated heterocycles. The zero-order valence-electron chi connectivity index (χ0n) is 19.2. The van der Waals surface area contributed by atoms with Gasteiger partial charge in [-0.3, -0.25) is 9.52 Å². The average Bonchev–Trinajstić information content (AvgIpc) is 3.38. The second-order valence-corrected chi connectivity index (χ2v) is 11.4. The number of aliphatic hydroxyl groups excluding tert-OH is 1. The molecule has 2 atom stereocenters. The summed E-state index contributed by atoms with van der Waals surface area (Å²) in [5, 5.41) is 12.5. The lowest BCUT2D eigenvalue weighted by Crippen LogP contribution is -2.59. The number of aromatic nitrogens is 1. The minimum atomic E-state index is -3.75. The minimum absolute atomic E-state index is 0. The fraction of sp³-hybridized carbons (Fsp3) is 0.304. The summed E-state index contributed by atoms with van der Waals surface area (Å²) in [5.41, 5.74) is 0.781. The van der Waals surface area contributed by atoms with Crippen LogP contribution in [0.25, 0.3) is 0 Å². The molecular weight excluding hydrogens is 547 g/mol. The maximum absolute atomic E-state index is 13.1. The van der Waals surface area contributed by atoms with E-state index in [4.69, 9.17) is 27.9 Å². The van der Waals surface area contributed by atoms with Gasteiger partial charge in [-0.15, -0.1) is 11.3 Å². The lowest BCUT2D eigenvalue weighted by atomic mass is 10.1. The van der Waals surface area contributed by atoms with Crippen molar-refractivity contribution in [3.8, 4) is 5.75 Å². The number of sulfonamides is 1. The third-order valence-electron chi connectivity index (χ3n) is 5.71. The number of carbonyl (C=O) groups excluding carboxylic acids is 1. The number of hydrogen-bond acceptors (Lipinski definition) is 8. The summed E-state index contributed by atoms with van der Waals surface area (Å²) in [6.45, 7) is 2.61. The molecule has 1 aromatic heterocycles. The van der Waals surface area contributed by atoms with Gasteiger partial charge in [-0.1, -0.05) is 29.3 Å². The first-order chi connectivity index (χ1) is 17.2. The van der Waals surface area contributed by atoms with Crippen molar-refractivity contribution in [1.82, 2.24) is 9.88 Å². The van der Waals surface area contributed by atoms with Crippen molar-refractivity contribution in [3.05, 3.63) is 64.1 Å². The first-order valence-electron chi connectivity index (χ1n) is 11.0. The van der Waals surface area contributed by atoms with Crippen LogP contribution in [0, 0.1) is 0 Å². The van der Waals surface area contributed by atoms with Crippen LogP contribution in [0.15, 0.2) is 58.9 Å². The number of nitrogens with one attached hydrogen (secondary N) is 1. The summed E-state index contributed by atoms with van der Waals surface area (Å²) < 4.78 is 33.4. The van der Waals surface area contributed by atoms with Gasteiger partial charge in [0.1, 0.15) is 10.8 Å². The van der Waals surface area contributed by atoms with Crippen LogP contribution in [0.3, 0.4) is 0 Å². The second-order valence-electron chi connectivity index (χ2n) is 8.06. The molecule has 2 heterocycles. The number of piperazine rings is 1. The summed E-state index contributed by atoms with van der Waals surface area (Å²) in [6, 6.07) is 10.9. The van der Waals surface area contributed by atoms with E-state index < -0.39 is 22.2 Å². The van der Waals surface area contributed by atoms with E-state index in [0.717, 1.165) is 5.69 Å². The molecule has 9 nitrogen and oxygen atoms in total. The highest BCUT2D eigenvalue weighted by atomic mass is 35.5. The Hall–Kier alpha value is -2.57. The van der Waals surface area contributed by atoms with Crippen LogP contribution < -0.4 is 14.4 Å². The maximum Gasteiger partial charge on any atom is 0.263 e. The predicted octanol–water partition coefficient (Wildman–Crippen LogP) is 4.71. The molecule has 3 aromatic rings. The van der Waals surface area contributed by atoms with Gasteiger partial charge in [0.05, 0.1) is 22.6 Å². The molecule has 0 unspecified atom stereocenters. The molecular formula is C23H32Cl2N4O5S2. The van der Waals surface area contributed by atoms with Gasteiger partial charge in [0.2, 0.25) is 0 Å². The van der Waals surface area contributed by atoms with E-state index in [1.165, 1.54) is 29.7 Å². The van der Waals surface area contributed by atoms with E-state index in [9.17, 15) is 18.3 Å². The molecule has 36 heavy (non-hydrogen) atoms. The molecule has 1 fully saturated rings. The first kappa shape index (κ1) is 26.5. The summed E-state index contributed by atoms with van der Waals surface area (Å²) in [5.74, 6) is 0.0306. The smallest absolute Gasteiger partial charge is 0.263 e. The topological polar surface area (TPSA) is 112 Å². The van der Waals surface area contributed by atoms with E-state index in [0.29, 0.717) is 35.5 Å². The standard InChI is InChI=1S/C23H24Cl2N4O5S2.4H2/c1-15(34-20-4-2-3-19(24)21(20)25)22(31)29-11-10-28(13-17(29)14-30)16-5-7-18(8-6-16)36(32,33)27-23-26-9-12-35-23;;;;/h2-9,12,15,17,30H,10-11,13-14H2,1H3,(H,26,27);4*1H/t15-,17-;;;;/m0..../s1. The van der Waals surface area contributed by atoms with Gasteiger partial charge in [-0.05, 0) is 43.3 Å². The van der Waals surface area contributed by atoms with E-state index in [2.05, 4.69) is 9.71 Å². The van der Waals surface area contributed by atoms with E-state index >= 15 is 0 Å². The number of ether oxygens (including phenoxy) is 1. The number of aliphatic hydroxyl groups is 1. The number of rotatable bonds is 8. The molecule has 0 radical (unpaired) electrons. The molecule has 200 valence electrons. The van der Waals surface area contributed by atoms with Crippen LogP contribution in [-0.4, -0.2) is 67.7 Å². The molecule has 1 aliphatic heterocycles. The Morgan fingerprint density at radius 1 is 1.28 bits per heavy atom. The van der Waals surface area contributed by atoms with Crippen molar-refractivity contribution < 1.29 is 28.8 Å². The van der Waals surface area contributed by atoms with Gasteiger partial charge in [-0.2, -0.15) is 0 Å². The molecule has 2 aromatic carbocycles. The lowest BCUT2D eigenvalue weighted by molar-refractivity contribution is -0.141. The highest BCUT2D eigenvalue weighted by molar-refractivity contribution is 7.93. The van der Waals surface area contributed by atoms with E-state index in [1.807, 2.05) is 4.90 Å². The van der Waals surface area contributed by atoms with Crippen LogP contribution in [0.2, 0.25) is 10.0 Å². The number of hydrogen-bond donors (Lipinski definition) is 2. The van der Waals surface area contributed by atoms with Gasteiger partial charge in [0, 0.05) is 42.6 Å². The zero-order valence-corrected chi connectivity index (χ0v) is 22.3. The average molecular weight is 580 g/mol. The van der Waals surface area contributed by atoms with Gasteiger partial charge < -0.3 is 19.6 Å². The number of nitrogens with zero attached hydrogens (tertiary/aromatic N) is 3. The van der Waals surface area contributed by atoms with Crippen molar-refractivity contribution in [2.45, 2.75) is 24.0 Å². The van der Waals surface area contributed by atoms with E-state index in [-0.39, 0.29) is 28.1 Å².